The summed E-state index contributed by atoms with van der Waals surface area (Å²) < 4.78 is 0. The third kappa shape index (κ3) is 3.37. The van der Waals surface area contributed by atoms with Crippen LogP contribution in [0.4, 0.5) is 5.69 Å². The number of aryl methyl sites for hydroxylation is 1. The number of rotatable bonds is 3. The van der Waals surface area contributed by atoms with Crippen LogP contribution < -0.4 is 10.6 Å². The summed E-state index contributed by atoms with van der Waals surface area (Å²) in [6, 6.07) is 5.49. The van der Waals surface area contributed by atoms with Crippen LogP contribution in [0.25, 0.3) is 0 Å². The van der Waals surface area contributed by atoms with E-state index in [4.69, 9.17) is 11.6 Å². The van der Waals surface area contributed by atoms with Crippen molar-refractivity contribution in [2.75, 3.05) is 18.4 Å². The summed E-state index contributed by atoms with van der Waals surface area (Å²) in [6.45, 7) is 5.80. The SMILES string of the molecule is Cc1cc(Cl)ccc1NC(=O)C(C)C1CNC1.Cl. The number of anilines is 1. The molecule has 1 atom stereocenters. The second kappa shape index (κ2) is 6.41. The Morgan fingerprint density at radius 1 is 1.50 bits per heavy atom. The molecule has 2 rings (SSSR count). The summed E-state index contributed by atoms with van der Waals surface area (Å²) in [5.41, 5.74) is 1.84. The average Bonchev–Trinajstić information content (AvgIpc) is 2.19. The number of hydrogen-bond donors (Lipinski definition) is 2. The maximum atomic E-state index is 12.0. The first-order valence-corrected chi connectivity index (χ1v) is 6.23. The molecule has 5 heteroatoms. The van der Waals surface area contributed by atoms with E-state index in [1.807, 2.05) is 26.0 Å². The van der Waals surface area contributed by atoms with Crippen LogP contribution in [0.1, 0.15) is 12.5 Å². The summed E-state index contributed by atoms with van der Waals surface area (Å²) in [5, 5.41) is 6.83. The summed E-state index contributed by atoms with van der Waals surface area (Å²) in [4.78, 5) is 12.0. The monoisotopic (exact) mass is 288 g/mol. The molecule has 18 heavy (non-hydrogen) atoms. The summed E-state index contributed by atoms with van der Waals surface area (Å²) in [7, 11) is 0. The third-order valence-electron chi connectivity index (χ3n) is 3.38. The van der Waals surface area contributed by atoms with Crippen molar-refractivity contribution in [3.05, 3.63) is 28.8 Å². The number of carbonyl (C=O) groups is 1. The molecule has 0 saturated carbocycles. The minimum absolute atomic E-state index is 0. The Kier molecular flexibility index (Phi) is 5.45. The molecule has 2 N–H and O–H groups in total. The normalized spacial score (nSPS) is 16.4. The lowest BCUT2D eigenvalue weighted by atomic mass is 9.88. The van der Waals surface area contributed by atoms with Gasteiger partial charge in [-0.2, -0.15) is 0 Å². The van der Waals surface area contributed by atoms with E-state index < -0.39 is 0 Å². The minimum atomic E-state index is 0. The number of hydrogen-bond acceptors (Lipinski definition) is 2. The molecule has 1 saturated heterocycles. The largest absolute Gasteiger partial charge is 0.326 e. The molecule has 1 amide bonds. The van der Waals surface area contributed by atoms with Crippen molar-refractivity contribution < 1.29 is 4.79 Å². The number of carbonyl (C=O) groups excluding carboxylic acids is 1. The zero-order chi connectivity index (χ0) is 12.4. The van der Waals surface area contributed by atoms with Crippen molar-refractivity contribution in [2.24, 2.45) is 11.8 Å². The van der Waals surface area contributed by atoms with Gasteiger partial charge in [0, 0.05) is 16.6 Å². The fourth-order valence-corrected chi connectivity index (χ4v) is 2.12. The molecule has 0 radical (unpaired) electrons. The lowest BCUT2D eigenvalue weighted by Gasteiger charge is -2.31. The van der Waals surface area contributed by atoms with E-state index in [0.29, 0.717) is 10.9 Å². The smallest absolute Gasteiger partial charge is 0.227 e. The van der Waals surface area contributed by atoms with Crippen LogP contribution in [-0.2, 0) is 4.79 Å². The number of benzene rings is 1. The molecule has 1 aliphatic heterocycles. The quantitative estimate of drug-likeness (QED) is 0.898. The Hall–Kier alpha value is -0.770. The molecule has 3 nitrogen and oxygen atoms in total. The fraction of sp³-hybridized carbons (Fsp3) is 0.462. The Labute approximate surface area is 119 Å². The number of halogens is 2. The van der Waals surface area contributed by atoms with Gasteiger partial charge in [-0.1, -0.05) is 18.5 Å². The molecule has 1 fully saturated rings. The van der Waals surface area contributed by atoms with Crippen LogP contribution in [0.2, 0.25) is 5.02 Å². The standard InChI is InChI=1S/C13H17ClN2O.ClH/c1-8-5-11(14)3-4-12(8)16-13(17)9(2)10-6-15-7-10;/h3-5,9-10,15H,6-7H2,1-2H3,(H,16,17);1H. The van der Waals surface area contributed by atoms with Crippen molar-refractivity contribution in [3.63, 3.8) is 0 Å². The van der Waals surface area contributed by atoms with E-state index in [-0.39, 0.29) is 24.2 Å². The summed E-state index contributed by atoms with van der Waals surface area (Å²) in [6.07, 6.45) is 0. The number of amides is 1. The first-order chi connectivity index (χ1) is 8.08. The van der Waals surface area contributed by atoms with Crippen molar-refractivity contribution in [1.29, 1.82) is 0 Å². The highest BCUT2D eigenvalue weighted by Gasteiger charge is 2.28. The molecule has 0 bridgehead atoms. The molecule has 1 unspecified atom stereocenters. The van der Waals surface area contributed by atoms with Gasteiger partial charge >= 0.3 is 0 Å². The first-order valence-electron chi connectivity index (χ1n) is 5.85. The van der Waals surface area contributed by atoms with Gasteiger partial charge in [0.15, 0.2) is 0 Å². The molecular formula is C13H18Cl2N2O. The van der Waals surface area contributed by atoms with Crippen LogP contribution >= 0.6 is 24.0 Å². The maximum Gasteiger partial charge on any atom is 0.227 e. The van der Waals surface area contributed by atoms with E-state index in [1.54, 1.807) is 6.07 Å². The second-order valence-electron chi connectivity index (χ2n) is 4.66. The predicted octanol–water partition coefficient (Wildman–Crippen LogP) is 2.86. The van der Waals surface area contributed by atoms with Gasteiger partial charge in [0.25, 0.3) is 0 Å². The van der Waals surface area contributed by atoms with Gasteiger partial charge < -0.3 is 10.6 Å². The van der Waals surface area contributed by atoms with Crippen LogP contribution in [0.5, 0.6) is 0 Å². The van der Waals surface area contributed by atoms with Crippen molar-refractivity contribution in [2.45, 2.75) is 13.8 Å². The molecule has 0 aromatic heterocycles. The molecule has 1 heterocycles. The lowest BCUT2D eigenvalue weighted by Crippen LogP contribution is -2.48. The van der Waals surface area contributed by atoms with Gasteiger partial charge in [-0.05, 0) is 49.7 Å². The topological polar surface area (TPSA) is 41.1 Å². The van der Waals surface area contributed by atoms with Gasteiger partial charge in [0.05, 0.1) is 0 Å². The van der Waals surface area contributed by atoms with E-state index in [2.05, 4.69) is 10.6 Å². The average molecular weight is 289 g/mol. The van der Waals surface area contributed by atoms with Gasteiger partial charge in [-0.3, -0.25) is 4.79 Å². The van der Waals surface area contributed by atoms with Crippen molar-refractivity contribution >= 4 is 35.6 Å². The summed E-state index contributed by atoms with van der Waals surface area (Å²) in [5.74, 6) is 0.593. The molecule has 1 aromatic rings. The molecular weight excluding hydrogens is 271 g/mol. The Morgan fingerprint density at radius 3 is 2.67 bits per heavy atom. The van der Waals surface area contributed by atoms with E-state index in [9.17, 15) is 4.79 Å². The lowest BCUT2D eigenvalue weighted by molar-refractivity contribution is -0.121. The number of nitrogens with one attached hydrogen (secondary N) is 2. The summed E-state index contributed by atoms with van der Waals surface area (Å²) >= 11 is 5.88. The zero-order valence-electron chi connectivity index (χ0n) is 10.5. The van der Waals surface area contributed by atoms with Crippen LogP contribution in [0.15, 0.2) is 18.2 Å². The molecule has 100 valence electrons. The highest BCUT2D eigenvalue weighted by molar-refractivity contribution is 6.30. The predicted molar refractivity (Wildman–Crippen MR) is 77.6 cm³/mol. The van der Waals surface area contributed by atoms with E-state index in [0.717, 1.165) is 24.3 Å². The van der Waals surface area contributed by atoms with Gasteiger partial charge in [0.2, 0.25) is 5.91 Å². The Morgan fingerprint density at radius 2 is 2.17 bits per heavy atom. The first kappa shape index (κ1) is 15.3. The van der Waals surface area contributed by atoms with Crippen LogP contribution in [-0.4, -0.2) is 19.0 Å². The second-order valence-corrected chi connectivity index (χ2v) is 5.09. The Balaban J connectivity index is 0.00000162. The zero-order valence-corrected chi connectivity index (χ0v) is 12.1. The highest BCUT2D eigenvalue weighted by atomic mass is 35.5. The van der Waals surface area contributed by atoms with Crippen molar-refractivity contribution in [3.8, 4) is 0 Å². The highest BCUT2D eigenvalue weighted by Crippen LogP contribution is 2.22. The molecule has 0 spiro atoms. The van der Waals surface area contributed by atoms with Crippen LogP contribution in [0.3, 0.4) is 0 Å². The molecule has 1 aromatic carbocycles. The van der Waals surface area contributed by atoms with Gasteiger partial charge in [0.1, 0.15) is 0 Å². The third-order valence-corrected chi connectivity index (χ3v) is 3.62. The van der Waals surface area contributed by atoms with Crippen molar-refractivity contribution in [1.82, 2.24) is 5.32 Å². The maximum absolute atomic E-state index is 12.0. The van der Waals surface area contributed by atoms with Gasteiger partial charge in [-0.15, -0.1) is 12.4 Å². The Bertz CT molecular complexity index is 433. The van der Waals surface area contributed by atoms with Crippen LogP contribution in [0, 0.1) is 18.8 Å². The van der Waals surface area contributed by atoms with Gasteiger partial charge in [-0.25, -0.2) is 0 Å². The molecule has 0 aliphatic carbocycles. The minimum Gasteiger partial charge on any atom is -0.326 e. The fourth-order valence-electron chi connectivity index (χ4n) is 1.89. The van der Waals surface area contributed by atoms with E-state index >= 15 is 0 Å². The van der Waals surface area contributed by atoms with E-state index in [1.165, 1.54) is 0 Å². The molecule has 1 aliphatic rings.